The minimum atomic E-state index is 0.265. The fourth-order valence-electron chi connectivity index (χ4n) is 2.26. The summed E-state index contributed by atoms with van der Waals surface area (Å²) in [5.74, 6) is 0.706. The molecule has 0 radical (unpaired) electrons. The first kappa shape index (κ1) is 13.1. The van der Waals surface area contributed by atoms with Gasteiger partial charge < -0.3 is 9.64 Å². The molecule has 2 rings (SSSR count). The van der Waals surface area contributed by atoms with Gasteiger partial charge in [0.05, 0.1) is 13.2 Å². The van der Waals surface area contributed by atoms with Gasteiger partial charge in [0, 0.05) is 19.5 Å². The van der Waals surface area contributed by atoms with Gasteiger partial charge in [-0.1, -0.05) is 37.3 Å². The maximum Gasteiger partial charge on any atom is 0.222 e. The summed E-state index contributed by atoms with van der Waals surface area (Å²) in [6.45, 7) is 5.04. The first-order valence-corrected chi connectivity index (χ1v) is 6.68. The van der Waals surface area contributed by atoms with Crippen molar-refractivity contribution in [2.45, 2.75) is 25.7 Å². The summed E-state index contributed by atoms with van der Waals surface area (Å²) in [6, 6.07) is 10.4. The van der Waals surface area contributed by atoms with Crippen LogP contribution in [0.1, 0.15) is 31.2 Å². The molecule has 0 bridgehead atoms. The van der Waals surface area contributed by atoms with E-state index in [2.05, 4.69) is 31.2 Å². The van der Waals surface area contributed by atoms with Crippen LogP contribution in [0, 0.1) is 0 Å². The van der Waals surface area contributed by atoms with Crippen molar-refractivity contribution in [2.75, 3.05) is 26.3 Å². The second-order valence-corrected chi connectivity index (χ2v) is 4.84. The third-order valence-corrected chi connectivity index (χ3v) is 3.52. The number of ether oxygens (including phenoxy) is 1. The van der Waals surface area contributed by atoms with E-state index in [1.165, 1.54) is 5.56 Å². The summed E-state index contributed by atoms with van der Waals surface area (Å²) in [7, 11) is 0. The zero-order valence-electron chi connectivity index (χ0n) is 11.0. The van der Waals surface area contributed by atoms with E-state index in [0.717, 1.165) is 19.5 Å². The van der Waals surface area contributed by atoms with Crippen molar-refractivity contribution in [3.05, 3.63) is 35.9 Å². The maximum absolute atomic E-state index is 12.0. The van der Waals surface area contributed by atoms with Gasteiger partial charge in [0.1, 0.15) is 0 Å². The Morgan fingerprint density at radius 1 is 1.28 bits per heavy atom. The van der Waals surface area contributed by atoms with Gasteiger partial charge in [0.25, 0.3) is 0 Å². The molecule has 0 N–H and O–H groups in total. The highest BCUT2D eigenvalue weighted by Crippen LogP contribution is 2.20. The van der Waals surface area contributed by atoms with Crippen molar-refractivity contribution in [3.8, 4) is 0 Å². The molecular formula is C15H21NO2. The Bertz CT molecular complexity index is 371. The number of nitrogens with zero attached hydrogens (tertiary/aromatic N) is 1. The van der Waals surface area contributed by atoms with Gasteiger partial charge in [0.15, 0.2) is 0 Å². The highest BCUT2D eigenvalue weighted by atomic mass is 16.5. The Morgan fingerprint density at radius 3 is 2.61 bits per heavy atom. The van der Waals surface area contributed by atoms with E-state index in [4.69, 9.17) is 4.74 Å². The molecule has 3 heteroatoms. The SMILES string of the molecule is CC(CCC(=O)N1CCOCC1)c1ccccc1. The molecule has 1 amide bonds. The zero-order chi connectivity index (χ0) is 12.8. The summed E-state index contributed by atoms with van der Waals surface area (Å²) in [6.07, 6.45) is 1.55. The molecule has 18 heavy (non-hydrogen) atoms. The van der Waals surface area contributed by atoms with E-state index in [1.807, 2.05) is 11.0 Å². The lowest BCUT2D eigenvalue weighted by atomic mass is 9.96. The molecular weight excluding hydrogens is 226 g/mol. The predicted octanol–water partition coefficient (Wildman–Crippen LogP) is 2.43. The van der Waals surface area contributed by atoms with Crippen LogP contribution in [0.4, 0.5) is 0 Å². The smallest absolute Gasteiger partial charge is 0.222 e. The van der Waals surface area contributed by atoms with Crippen molar-refractivity contribution in [1.82, 2.24) is 4.90 Å². The molecule has 1 fully saturated rings. The molecule has 0 aromatic heterocycles. The first-order valence-electron chi connectivity index (χ1n) is 6.68. The average molecular weight is 247 g/mol. The molecule has 3 nitrogen and oxygen atoms in total. The summed E-state index contributed by atoms with van der Waals surface area (Å²) in [5.41, 5.74) is 1.31. The maximum atomic E-state index is 12.0. The molecule has 1 atom stereocenters. The number of amides is 1. The minimum Gasteiger partial charge on any atom is -0.378 e. The van der Waals surface area contributed by atoms with E-state index in [9.17, 15) is 4.79 Å². The van der Waals surface area contributed by atoms with Crippen molar-refractivity contribution < 1.29 is 9.53 Å². The van der Waals surface area contributed by atoms with Crippen LogP contribution in [0.3, 0.4) is 0 Å². The third-order valence-electron chi connectivity index (χ3n) is 3.52. The molecule has 1 aliphatic rings. The van der Waals surface area contributed by atoms with E-state index >= 15 is 0 Å². The van der Waals surface area contributed by atoms with Crippen LogP contribution in [0.5, 0.6) is 0 Å². The topological polar surface area (TPSA) is 29.5 Å². The Kier molecular flexibility index (Phi) is 4.76. The molecule has 0 aliphatic carbocycles. The lowest BCUT2D eigenvalue weighted by Crippen LogP contribution is -2.40. The number of morpholine rings is 1. The lowest BCUT2D eigenvalue weighted by molar-refractivity contribution is -0.135. The number of hydrogen-bond acceptors (Lipinski definition) is 2. The minimum absolute atomic E-state index is 0.265. The van der Waals surface area contributed by atoms with Gasteiger partial charge in [-0.3, -0.25) is 4.79 Å². The van der Waals surface area contributed by atoms with Crippen LogP contribution < -0.4 is 0 Å². The van der Waals surface area contributed by atoms with Crippen LogP contribution in [0.25, 0.3) is 0 Å². The van der Waals surface area contributed by atoms with Gasteiger partial charge in [-0.05, 0) is 17.9 Å². The van der Waals surface area contributed by atoms with Gasteiger partial charge >= 0.3 is 0 Å². The van der Waals surface area contributed by atoms with Crippen molar-refractivity contribution in [2.24, 2.45) is 0 Å². The molecule has 1 aliphatic heterocycles. The summed E-state index contributed by atoms with van der Waals surface area (Å²) < 4.78 is 5.25. The second kappa shape index (κ2) is 6.55. The molecule has 1 aromatic carbocycles. The van der Waals surface area contributed by atoms with Crippen molar-refractivity contribution >= 4 is 5.91 Å². The van der Waals surface area contributed by atoms with Crippen LogP contribution >= 0.6 is 0 Å². The fourth-order valence-corrected chi connectivity index (χ4v) is 2.26. The van der Waals surface area contributed by atoms with Crippen LogP contribution in [0.2, 0.25) is 0 Å². The number of carbonyl (C=O) groups is 1. The monoisotopic (exact) mass is 247 g/mol. The zero-order valence-corrected chi connectivity index (χ0v) is 11.0. The van der Waals surface area contributed by atoms with Crippen molar-refractivity contribution in [3.63, 3.8) is 0 Å². The van der Waals surface area contributed by atoms with Gasteiger partial charge in [-0.15, -0.1) is 0 Å². The lowest BCUT2D eigenvalue weighted by Gasteiger charge is -2.27. The predicted molar refractivity (Wildman–Crippen MR) is 71.5 cm³/mol. The van der Waals surface area contributed by atoms with Crippen LogP contribution in [0.15, 0.2) is 30.3 Å². The van der Waals surface area contributed by atoms with Crippen LogP contribution in [-0.4, -0.2) is 37.1 Å². The highest BCUT2D eigenvalue weighted by molar-refractivity contribution is 5.76. The van der Waals surface area contributed by atoms with Gasteiger partial charge in [0.2, 0.25) is 5.91 Å². The van der Waals surface area contributed by atoms with Crippen LogP contribution in [-0.2, 0) is 9.53 Å². The van der Waals surface area contributed by atoms with E-state index < -0.39 is 0 Å². The second-order valence-electron chi connectivity index (χ2n) is 4.84. The molecule has 0 saturated carbocycles. The number of benzene rings is 1. The van der Waals surface area contributed by atoms with E-state index in [1.54, 1.807) is 0 Å². The van der Waals surface area contributed by atoms with Gasteiger partial charge in [-0.2, -0.15) is 0 Å². The molecule has 1 unspecified atom stereocenters. The molecule has 1 aromatic rings. The van der Waals surface area contributed by atoms with E-state index in [-0.39, 0.29) is 5.91 Å². The fraction of sp³-hybridized carbons (Fsp3) is 0.533. The molecule has 1 saturated heterocycles. The van der Waals surface area contributed by atoms with E-state index in [0.29, 0.717) is 25.6 Å². The number of rotatable bonds is 4. The standard InChI is InChI=1S/C15H21NO2/c1-13(14-5-3-2-4-6-14)7-8-15(17)16-9-11-18-12-10-16/h2-6,13H,7-12H2,1H3. The first-order chi connectivity index (χ1) is 8.77. The quantitative estimate of drug-likeness (QED) is 0.818. The number of carbonyl (C=O) groups excluding carboxylic acids is 1. The Labute approximate surface area is 109 Å². The Balaban J connectivity index is 1.78. The largest absolute Gasteiger partial charge is 0.378 e. The summed E-state index contributed by atoms with van der Waals surface area (Å²) >= 11 is 0. The molecule has 0 spiro atoms. The van der Waals surface area contributed by atoms with Gasteiger partial charge in [-0.25, -0.2) is 0 Å². The summed E-state index contributed by atoms with van der Waals surface area (Å²) in [4.78, 5) is 13.9. The number of hydrogen-bond donors (Lipinski definition) is 0. The average Bonchev–Trinajstić information content (AvgIpc) is 2.46. The Morgan fingerprint density at radius 2 is 1.94 bits per heavy atom. The highest BCUT2D eigenvalue weighted by Gasteiger charge is 2.17. The molecule has 1 heterocycles. The summed E-state index contributed by atoms with van der Waals surface area (Å²) in [5, 5.41) is 0. The Hall–Kier alpha value is -1.35. The van der Waals surface area contributed by atoms with Crippen molar-refractivity contribution in [1.29, 1.82) is 0 Å². The third kappa shape index (κ3) is 3.57. The molecule has 98 valence electrons. The normalized spacial score (nSPS) is 17.5.